The number of benzene rings is 2. The van der Waals surface area contributed by atoms with Crippen molar-refractivity contribution in [1.82, 2.24) is 0 Å². The van der Waals surface area contributed by atoms with E-state index in [4.69, 9.17) is 0 Å². The Balaban J connectivity index is 0.000000980. The van der Waals surface area contributed by atoms with Crippen LogP contribution in [0.3, 0.4) is 0 Å². The molecule has 2 heteroatoms. The molecule has 2 aromatic rings. The molecule has 0 bridgehead atoms. The van der Waals surface area contributed by atoms with Crippen molar-refractivity contribution in [3.05, 3.63) is 48.5 Å². The first-order chi connectivity index (χ1) is 6.33. The van der Waals surface area contributed by atoms with Crippen molar-refractivity contribution in [2.75, 3.05) is 0 Å². The van der Waals surface area contributed by atoms with Crippen LogP contribution in [0.4, 0.5) is 0 Å². The van der Waals surface area contributed by atoms with Crippen LogP contribution in [0.2, 0.25) is 0 Å². The number of hydrogen-bond acceptors (Lipinski definition) is 1. The SMILES string of the molecule is C=Cc1ccc(O)c2ccccc12.[Y]. The minimum absolute atomic E-state index is 0. The van der Waals surface area contributed by atoms with E-state index in [9.17, 15) is 5.11 Å². The molecular weight excluding hydrogens is 249 g/mol. The molecule has 2 aromatic carbocycles. The van der Waals surface area contributed by atoms with E-state index >= 15 is 0 Å². The molecule has 0 amide bonds. The van der Waals surface area contributed by atoms with E-state index in [2.05, 4.69) is 6.58 Å². The van der Waals surface area contributed by atoms with Crippen molar-refractivity contribution in [2.24, 2.45) is 0 Å². The molecule has 1 radical (unpaired) electrons. The van der Waals surface area contributed by atoms with Crippen LogP contribution in [-0.2, 0) is 32.7 Å². The van der Waals surface area contributed by atoms with Crippen LogP contribution in [-0.4, -0.2) is 5.11 Å². The van der Waals surface area contributed by atoms with Gasteiger partial charge in [0.2, 0.25) is 0 Å². The molecule has 0 aliphatic carbocycles. The van der Waals surface area contributed by atoms with Gasteiger partial charge in [-0.25, -0.2) is 0 Å². The average molecular weight is 259 g/mol. The van der Waals surface area contributed by atoms with Gasteiger partial charge in [0, 0.05) is 38.1 Å². The van der Waals surface area contributed by atoms with E-state index in [1.807, 2.05) is 30.3 Å². The molecule has 67 valence electrons. The number of phenols is 1. The molecule has 0 saturated heterocycles. The van der Waals surface area contributed by atoms with Gasteiger partial charge in [-0.05, 0) is 17.0 Å². The maximum Gasteiger partial charge on any atom is 0.123 e. The van der Waals surface area contributed by atoms with Gasteiger partial charge in [-0.2, -0.15) is 0 Å². The predicted molar refractivity (Wildman–Crippen MR) is 55.7 cm³/mol. The summed E-state index contributed by atoms with van der Waals surface area (Å²) in [6.45, 7) is 3.73. The summed E-state index contributed by atoms with van der Waals surface area (Å²) in [6, 6.07) is 11.3. The Hall–Kier alpha value is -0.656. The van der Waals surface area contributed by atoms with Crippen molar-refractivity contribution in [3.8, 4) is 5.75 Å². The zero-order valence-corrected chi connectivity index (χ0v) is 10.6. The molecule has 0 heterocycles. The topological polar surface area (TPSA) is 20.2 Å². The van der Waals surface area contributed by atoms with Crippen LogP contribution in [0.15, 0.2) is 43.0 Å². The summed E-state index contributed by atoms with van der Waals surface area (Å²) in [5.74, 6) is 0.321. The largest absolute Gasteiger partial charge is 0.507 e. The van der Waals surface area contributed by atoms with Crippen molar-refractivity contribution in [1.29, 1.82) is 0 Å². The fourth-order valence-corrected chi connectivity index (χ4v) is 1.48. The first kappa shape index (κ1) is 11.4. The normalized spacial score (nSPS) is 9.43. The van der Waals surface area contributed by atoms with E-state index in [1.165, 1.54) is 0 Å². The summed E-state index contributed by atoms with van der Waals surface area (Å²) >= 11 is 0. The Morgan fingerprint density at radius 3 is 2.29 bits per heavy atom. The van der Waals surface area contributed by atoms with Crippen molar-refractivity contribution in [2.45, 2.75) is 0 Å². The maximum absolute atomic E-state index is 9.56. The Labute approximate surface area is 108 Å². The number of aromatic hydroxyl groups is 1. The van der Waals surface area contributed by atoms with Crippen molar-refractivity contribution >= 4 is 16.8 Å². The van der Waals surface area contributed by atoms with Crippen LogP contribution in [0.25, 0.3) is 16.8 Å². The predicted octanol–water partition coefficient (Wildman–Crippen LogP) is 3.19. The Morgan fingerprint density at radius 2 is 1.64 bits per heavy atom. The molecule has 2 rings (SSSR count). The smallest absolute Gasteiger partial charge is 0.123 e. The fourth-order valence-electron chi connectivity index (χ4n) is 1.48. The van der Waals surface area contributed by atoms with Crippen LogP contribution in [0.1, 0.15) is 5.56 Å². The summed E-state index contributed by atoms with van der Waals surface area (Å²) < 4.78 is 0. The fraction of sp³-hybridized carbons (Fsp3) is 0. The Bertz CT molecular complexity index is 463. The third-order valence-electron chi connectivity index (χ3n) is 2.15. The monoisotopic (exact) mass is 259 g/mol. The van der Waals surface area contributed by atoms with Gasteiger partial charge in [-0.1, -0.05) is 43.0 Å². The number of phenolic OH excluding ortho intramolecular Hbond substituents is 1. The summed E-state index contributed by atoms with van der Waals surface area (Å²) in [5.41, 5.74) is 1.05. The minimum atomic E-state index is 0. The standard InChI is InChI=1S/C12H10O.Y/c1-2-9-7-8-12(13)11-6-4-3-5-10(9)11;/h2-8,13H,1H2;. The van der Waals surface area contributed by atoms with Crippen molar-refractivity contribution in [3.63, 3.8) is 0 Å². The number of rotatable bonds is 1. The minimum Gasteiger partial charge on any atom is -0.507 e. The molecule has 0 unspecified atom stereocenters. The second kappa shape index (κ2) is 4.72. The van der Waals surface area contributed by atoms with Gasteiger partial charge in [0.15, 0.2) is 0 Å². The molecule has 0 aromatic heterocycles. The summed E-state index contributed by atoms with van der Waals surface area (Å²) in [5, 5.41) is 11.5. The number of fused-ring (bicyclic) bond motifs is 1. The third kappa shape index (κ3) is 1.89. The molecule has 1 nitrogen and oxygen atoms in total. The molecule has 1 N–H and O–H groups in total. The first-order valence-corrected chi connectivity index (χ1v) is 4.16. The zero-order valence-electron chi connectivity index (χ0n) is 7.77. The van der Waals surface area contributed by atoms with Crippen LogP contribution < -0.4 is 0 Å². The number of hydrogen-bond donors (Lipinski definition) is 1. The molecule has 0 spiro atoms. The first-order valence-electron chi connectivity index (χ1n) is 4.16. The van der Waals surface area contributed by atoms with Gasteiger partial charge in [0.1, 0.15) is 5.75 Å². The molecule has 14 heavy (non-hydrogen) atoms. The third-order valence-corrected chi connectivity index (χ3v) is 2.15. The second-order valence-electron chi connectivity index (χ2n) is 2.92. The summed E-state index contributed by atoms with van der Waals surface area (Å²) in [7, 11) is 0. The van der Waals surface area contributed by atoms with Crippen LogP contribution in [0, 0.1) is 0 Å². The Morgan fingerprint density at radius 1 is 1.00 bits per heavy atom. The van der Waals surface area contributed by atoms with Gasteiger partial charge >= 0.3 is 0 Å². The Kier molecular flexibility index (Phi) is 3.85. The van der Waals surface area contributed by atoms with Crippen LogP contribution in [0.5, 0.6) is 5.75 Å². The van der Waals surface area contributed by atoms with E-state index in [0.717, 1.165) is 16.3 Å². The van der Waals surface area contributed by atoms with Gasteiger partial charge in [-0.15, -0.1) is 0 Å². The quantitative estimate of drug-likeness (QED) is 0.833. The molecular formula is C12H10OY. The summed E-state index contributed by atoms with van der Waals surface area (Å²) in [4.78, 5) is 0. The maximum atomic E-state index is 9.56. The van der Waals surface area contributed by atoms with Gasteiger partial charge in [0.25, 0.3) is 0 Å². The van der Waals surface area contributed by atoms with Gasteiger partial charge in [-0.3, -0.25) is 0 Å². The molecule has 0 aliphatic rings. The molecule has 0 fully saturated rings. The van der Waals surface area contributed by atoms with Crippen molar-refractivity contribution < 1.29 is 37.8 Å². The van der Waals surface area contributed by atoms with E-state index in [0.29, 0.717) is 5.75 Å². The van der Waals surface area contributed by atoms with E-state index < -0.39 is 0 Å². The zero-order chi connectivity index (χ0) is 9.26. The van der Waals surface area contributed by atoms with Gasteiger partial charge < -0.3 is 5.11 Å². The summed E-state index contributed by atoms with van der Waals surface area (Å²) in [6.07, 6.45) is 1.79. The second-order valence-corrected chi connectivity index (χ2v) is 2.92. The van der Waals surface area contributed by atoms with Crippen LogP contribution >= 0.6 is 0 Å². The van der Waals surface area contributed by atoms with E-state index in [-0.39, 0.29) is 32.7 Å². The molecule has 0 aliphatic heterocycles. The van der Waals surface area contributed by atoms with E-state index in [1.54, 1.807) is 12.1 Å². The molecule has 0 saturated carbocycles. The van der Waals surface area contributed by atoms with Gasteiger partial charge in [0.05, 0.1) is 0 Å². The average Bonchev–Trinajstić information content (AvgIpc) is 2.19. The molecule has 0 atom stereocenters.